The zero-order valence-electron chi connectivity index (χ0n) is 9.54. The van der Waals surface area contributed by atoms with Crippen LogP contribution in [0.15, 0.2) is 24.3 Å². The number of aromatic amines is 1. The molecule has 0 amide bonds. The number of esters is 1. The minimum absolute atomic E-state index is 0.195. The Morgan fingerprint density at radius 3 is 2.81 bits per heavy atom. The maximum absolute atomic E-state index is 11.4. The van der Waals surface area contributed by atoms with E-state index in [4.69, 9.17) is 4.74 Å². The molecule has 0 fully saturated rings. The van der Waals surface area contributed by atoms with E-state index in [1.54, 1.807) is 0 Å². The second-order valence-corrected chi connectivity index (χ2v) is 3.73. The summed E-state index contributed by atoms with van der Waals surface area (Å²) in [6.07, 6.45) is 1.23. The Kier molecular flexibility index (Phi) is 2.95. The highest BCUT2D eigenvalue weighted by Crippen LogP contribution is 2.23. The molecule has 0 unspecified atom stereocenters. The van der Waals surface area contributed by atoms with Gasteiger partial charge in [-0.15, -0.1) is 0 Å². The van der Waals surface area contributed by atoms with E-state index in [-0.39, 0.29) is 5.97 Å². The van der Waals surface area contributed by atoms with Gasteiger partial charge in [0.15, 0.2) is 0 Å². The SMILES string of the molecule is CCc1[nH]c2ccccc2c1CC(=O)OC. The van der Waals surface area contributed by atoms with E-state index < -0.39 is 0 Å². The summed E-state index contributed by atoms with van der Waals surface area (Å²) in [5, 5.41) is 1.12. The highest BCUT2D eigenvalue weighted by atomic mass is 16.5. The van der Waals surface area contributed by atoms with Crippen molar-refractivity contribution in [2.24, 2.45) is 0 Å². The lowest BCUT2D eigenvalue weighted by Crippen LogP contribution is -2.05. The van der Waals surface area contributed by atoms with Gasteiger partial charge in [0, 0.05) is 16.6 Å². The fourth-order valence-corrected chi connectivity index (χ4v) is 1.98. The number of para-hydroxylation sites is 1. The second kappa shape index (κ2) is 4.39. The zero-order chi connectivity index (χ0) is 11.5. The first-order valence-electron chi connectivity index (χ1n) is 5.41. The van der Waals surface area contributed by atoms with Crippen LogP contribution in [0.3, 0.4) is 0 Å². The van der Waals surface area contributed by atoms with E-state index in [1.807, 2.05) is 24.3 Å². The van der Waals surface area contributed by atoms with Crippen LogP contribution in [0.2, 0.25) is 0 Å². The molecule has 1 N–H and O–H groups in total. The number of hydrogen-bond donors (Lipinski definition) is 1. The Morgan fingerprint density at radius 1 is 1.38 bits per heavy atom. The third-order valence-corrected chi connectivity index (χ3v) is 2.80. The third-order valence-electron chi connectivity index (χ3n) is 2.80. The van der Waals surface area contributed by atoms with Gasteiger partial charge in [0.2, 0.25) is 0 Å². The maximum Gasteiger partial charge on any atom is 0.310 e. The molecule has 0 saturated heterocycles. The number of benzene rings is 1. The first-order valence-corrected chi connectivity index (χ1v) is 5.41. The molecule has 3 heteroatoms. The van der Waals surface area contributed by atoms with Crippen LogP contribution in [0.5, 0.6) is 0 Å². The van der Waals surface area contributed by atoms with Gasteiger partial charge in [0.05, 0.1) is 13.5 Å². The Bertz CT molecular complexity index is 514. The van der Waals surface area contributed by atoms with E-state index in [1.165, 1.54) is 7.11 Å². The fourth-order valence-electron chi connectivity index (χ4n) is 1.98. The van der Waals surface area contributed by atoms with Gasteiger partial charge in [-0.25, -0.2) is 0 Å². The van der Waals surface area contributed by atoms with Crippen LogP contribution in [0, 0.1) is 0 Å². The number of nitrogens with one attached hydrogen (secondary N) is 1. The van der Waals surface area contributed by atoms with E-state index in [0.29, 0.717) is 6.42 Å². The first kappa shape index (κ1) is 10.7. The molecule has 1 heterocycles. The largest absolute Gasteiger partial charge is 0.469 e. The molecule has 3 nitrogen and oxygen atoms in total. The predicted octanol–water partition coefficient (Wildman–Crippen LogP) is 2.45. The third kappa shape index (κ3) is 1.81. The number of aryl methyl sites for hydroxylation is 1. The summed E-state index contributed by atoms with van der Waals surface area (Å²) in [5.41, 5.74) is 3.26. The maximum atomic E-state index is 11.4. The molecule has 2 aromatic rings. The van der Waals surface area contributed by atoms with Crippen molar-refractivity contribution in [1.29, 1.82) is 0 Å². The molecule has 0 radical (unpaired) electrons. The van der Waals surface area contributed by atoms with Gasteiger partial charge < -0.3 is 9.72 Å². The van der Waals surface area contributed by atoms with Crippen molar-refractivity contribution in [3.8, 4) is 0 Å². The fraction of sp³-hybridized carbons (Fsp3) is 0.308. The molecule has 2 rings (SSSR count). The molecule has 0 aliphatic carbocycles. The Morgan fingerprint density at radius 2 is 2.12 bits per heavy atom. The molecule has 0 aliphatic rings. The molecular weight excluding hydrogens is 202 g/mol. The number of H-pyrrole nitrogens is 1. The molecule has 0 saturated carbocycles. The predicted molar refractivity (Wildman–Crippen MR) is 63.4 cm³/mol. The number of fused-ring (bicyclic) bond motifs is 1. The van der Waals surface area contributed by atoms with Crippen molar-refractivity contribution in [2.45, 2.75) is 19.8 Å². The van der Waals surface area contributed by atoms with E-state index in [0.717, 1.165) is 28.6 Å². The number of rotatable bonds is 3. The van der Waals surface area contributed by atoms with Gasteiger partial charge in [0.25, 0.3) is 0 Å². The summed E-state index contributed by atoms with van der Waals surface area (Å²) < 4.78 is 4.72. The van der Waals surface area contributed by atoms with Gasteiger partial charge in [0.1, 0.15) is 0 Å². The van der Waals surface area contributed by atoms with Crippen LogP contribution in [0.25, 0.3) is 10.9 Å². The summed E-state index contributed by atoms with van der Waals surface area (Å²) in [4.78, 5) is 14.7. The lowest BCUT2D eigenvalue weighted by molar-refractivity contribution is -0.139. The number of ether oxygens (including phenoxy) is 1. The number of carbonyl (C=O) groups is 1. The average molecular weight is 217 g/mol. The number of carbonyl (C=O) groups excluding carboxylic acids is 1. The summed E-state index contributed by atoms with van der Waals surface area (Å²) in [6, 6.07) is 8.02. The van der Waals surface area contributed by atoms with Crippen molar-refractivity contribution < 1.29 is 9.53 Å². The van der Waals surface area contributed by atoms with E-state index in [9.17, 15) is 4.79 Å². The summed E-state index contributed by atoms with van der Waals surface area (Å²) in [7, 11) is 1.42. The van der Waals surface area contributed by atoms with Gasteiger partial charge >= 0.3 is 5.97 Å². The normalized spacial score (nSPS) is 10.6. The molecular formula is C13H15NO2. The summed E-state index contributed by atoms with van der Waals surface area (Å²) in [5.74, 6) is -0.195. The number of aromatic nitrogens is 1. The standard InChI is InChI=1S/C13H15NO2/c1-3-11-10(8-13(15)16-2)9-6-4-5-7-12(9)14-11/h4-7,14H,3,8H2,1-2H3. The molecule has 0 aliphatic heterocycles. The highest BCUT2D eigenvalue weighted by molar-refractivity contribution is 5.88. The molecule has 1 aromatic heterocycles. The molecule has 0 spiro atoms. The minimum atomic E-state index is -0.195. The van der Waals surface area contributed by atoms with Gasteiger partial charge in [-0.3, -0.25) is 4.79 Å². The Labute approximate surface area is 94.4 Å². The minimum Gasteiger partial charge on any atom is -0.469 e. The molecule has 1 aromatic carbocycles. The number of hydrogen-bond acceptors (Lipinski definition) is 2. The number of methoxy groups -OCH3 is 1. The average Bonchev–Trinajstić information content (AvgIpc) is 2.67. The van der Waals surface area contributed by atoms with Crippen LogP contribution in [-0.2, 0) is 22.4 Å². The van der Waals surface area contributed by atoms with Crippen LogP contribution in [-0.4, -0.2) is 18.1 Å². The molecule has 16 heavy (non-hydrogen) atoms. The Balaban J connectivity index is 2.51. The smallest absolute Gasteiger partial charge is 0.310 e. The Hall–Kier alpha value is -1.77. The highest BCUT2D eigenvalue weighted by Gasteiger charge is 2.13. The van der Waals surface area contributed by atoms with Gasteiger partial charge in [-0.2, -0.15) is 0 Å². The van der Waals surface area contributed by atoms with Gasteiger partial charge in [-0.05, 0) is 18.1 Å². The van der Waals surface area contributed by atoms with Crippen LogP contribution in [0.1, 0.15) is 18.2 Å². The van der Waals surface area contributed by atoms with Crippen LogP contribution < -0.4 is 0 Å². The quantitative estimate of drug-likeness (QED) is 0.802. The molecule has 0 bridgehead atoms. The summed E-state index contributed by atoms with van der Waals surface area (Å²) in [6.45, 7) is 2.07. The van der Waals surface area contributed by atoms with Crippen molar-refractivity contribution in [3.63, 3.8) is 0 Å². The van der Waals surface area contributed by atoms with Crippen molar-refractivity contribution >= 4 is 16.9 Å². The summed E-state index contributed by atoms with van der Waals surface area (Å²) >= 11 is 0. The van der Waals surface area contributed by atoms with E-state index in [2.05, 4.69) is 11.9 Å². The van der Waals surface area contributed by atoms with Crippen molar-refractivity contribution in [3.05, 3.63) is 35.5 Å². The van der Waals surface area contributed by atoms with E-state index >= 15 is 0 Å². The van der Waals surface area contributed by atoms with Crippen molar-refractivity contribution in [1.82, 2.24) is 4.98 Å². The van der Waals surface area contributed by atoms with Crippen molar-refractivity contribution in [2.75, 3.05) is 7.11 Å². The zero-order valence-corrected chi connectivity index (χ0v) is 9.54. The van der Waals surface area contributed by atoms with Gasteiger partial charge in [-0.1, -0.05) is 25.1 Å². The van der Waals surface area contributed by atoms with Crippen LogP contribution >= 0.6 is 0 Å². The van der Waals surface area contributed by atoms with Crippen LogP contribution in [0.4, 0.5) is 0 Å². The first-order chi connectivity index (χ1) is 7.76. The topological polar surface area (TPSA) is 42.1 Å². The second-order valence-electron chi connectivity index (χ2n) is 3.73. The molecule has 0 atom stereocenters. The molecule has 84 valence electrons. The lowest BCUT2D eigenvalue weighted by atomic mass is 10.1. The monoisotopic (exact) mass is 217 g/mol. The lowest BCUT2D eigenvalue weighted by Gasteiger charge is -2.01.